The van der Waals surface area contributed by atoms with Gasteiger partial charge in [-0.2, -0.15) is 8.42 Å². The molecule has 1 heterocycles. The third-order valence-corrected chi connectivity index (χ3v) is 13.0. The second-order valence-corrected chi connectivity index (χ2v) is 14.6. The lowest BCUT2D eigenvalue weighted by atomic mass is 9.46. The topological polar surface area (TPSA) is 69.7 Å². The Labute approximate surface area is 221 Å². The first-order valence-corrected chi connectivity index (χ1v) is 16.0. The van der Waals surface area contributed by atoms with E-state index in [0.717, 1.165) is 36.8 Å². The van der Waals surface area contributed by atoms with E-state index in [1.165, 1.54) is 44.1 Å². The molecule has 1 spiro atoms. The van der Waals surface area contributed by atoms with Gasteiger partial charge in [0.1, 0.15) is 0 Å². The van der Waals surface area contributed by atoms with Crippen LogP contribution >= 0.6 is 0 Å². The summed E-state index contributed by atoms with van der Waals surface area (Å²) in [6, 6.07) is 6.85. The average molecular weight is 525 g/mol. The van der Waals surface area contributed by atoms with E-state index in [2.05, 4.69) is 6.92 Å². The quantitative estimate of drug-likeness (QED) is 0.451. The summed E-state index contributed by atoms with van der Waals surface area (Å²) in [5.74, 6) is 3.89. The van der Waals surface area contributed by atoms with E-state index in [0.29, 0.717) is 30.1 Å². The van der Waals surface area contributed by atoms with Gasteiger partial charge < -0.3 is 4.74 Å². The summed E-state index contributed by atoms with van der Waals surface area (Å²) >= 11 is 0. The minimum absolute atomic E-state index is 0.0124. The predicted octanol–water partition coefficient (Wildman–Crippen LogP) is 5.86. The Balaban J connectivity index is 1.20. The van der Waals surface area contributed by atoms with Crippen LogP contribution in [0.3, 0.4) is 0 Å². The molecule has 1 aromatic carbocycles. The van der Waals surface area contributed by atoms with Crippen molar-refractivity contribution in [3.05, 3.63) is 41.5 Å². The molecule has 4 saturated carbocycles. The molecule has 1 aromatic rings. The van der Waals surface area contributed by atoms with Crippen molar-refractivity contribution in [1.82, 2.24) is 0 Å². The van der Waals surface area contributed by atoms with Gasteiger partial charge in [-0.05, 0) is 112 Å². The lowest BCUT2D eigenvalue weighted by Gasteiger charge is -2.59. The predicted molar refractivity (Wildman–Crippen MR) is 140 cm³/mol. The molecule has 5 nitrogen and oxygen atoms in total. The maximum absolute atomic E-state index is 13.1. The molecule has 200 valence electrons. The molecule has 3 unspecified atom stereocenters. The molecule has 9 atom stereocenters. The number of benzene rings is 1. The largest absolute Gasteiger partial charge is 0.374 e. The van der Waals surface area contributed by atoms with E-state index < -0.39 is 10.1 Å². The first-order valence-electron chi connectivity index (χ1n) is 14.6. The van der Waals surface area contributed by atoms with Gasteiger partial charge in [0, 0.05) is 24.4 Å². The fraction of sp³-hybridized carbons (Fsp3) is 0.710. The SMILES string of the molecule is CC[C@]12CCC3C(C[C@@H](COS(=O)(=O)c4ccc(C)cc4)C4=CC(=O)CC[C@@H]43)C1[C@@H]1C[C@@H]1[C@@]21CCCO1. The van der Waals surface area contributed by atoms with E-state index in [9.17, 15) is 13.2 Å². The van der Waals surface area contributed by atoms with Crippen LogP contribution in [-0.2, 0) is 23.8 Å². The number of hydrogen-bond donors (Lipinski definition) is 0. The van der Waals surface area contributed by atoms with E-state index in [1.54, 1.807) is 24.3 Å². The molecule has 0 N–H and O–H groups in total. The van der Waals surface area contributed by atoms with Gasteiger partial charge in [-0.3, -0.25) is 8.98 Å². The van der Waals surface area contributed by atoms with Gasteiger partial charge in [0.15, 0.2) is 5.78 Å². The van der Waals surface area contributed by atoms with E-state index in [1.807, 2.05) is 13.0 Å². The number of ether oxygens (including phenoxy) is 1. The van der Waals surface area contributed by atoms with Crippen LogP contribution in [0.25, 0.3) is 0 Å². The summed E-state index contributed by atoms with van der Waals surface area (Å²) in [4.78, 5) is 12.7. The van der Waals surface area contributed by atoms with E-state index >= 15 is 0 Å². The number of hydrogen-bond acceptors (Lipinski definition) is 5. The van der Waals surface area contributed by atoms with Crippen molar-refractivity contribution in [1.29, 1.82) is 0 Å². The number of carbonyl (C=O) groups is 1. The third kappa shape index (κ3) is 3.47. The lowest BCUT2D eigenvalue weighted by Crippen LogP contribution is -2.57. The van der Waals surface area contributed by atoms with E-state index in [4.69, 9.17) is 8.92 Å². The monoisotopic (exact) mass is 524 g/mol. The van der Waals surface area contributed by atoms with Crippen molar-refractivity contribution in [2.75, 3.05) is 13.2 Å². The van der Waals surface area contributed by atoms with Crippen molar-refractivity contribution in [2.24, 2.45) is 46.8 Å². The molecule has 6 aliphatic rings. The highest BCUT2D eigenvalue weighted by molar-refractivity contribution is 7.86. The number of carbonyl (C=O) groups excluding carboxylic acids is 1. The van der Waals surface area contributed by atoms with Gasteiger partial charge >= 0.3 is 0 Å². The van der Waals surface area contributed by atoms with Crippen molar-refractivity contribution in [3.63, 3.8) is 0 Å². The van der Waals surface area contributed by atoms with Crippen LogP contribution in [0.5, 0.6) is 0 Å². The molecule has 0 bridgehead atoms. The Hall–Kier alpha value is -1.50. The van der Waals surface area contributed by atoms with Crippen LogP contribution in [0.15, 0.2) is 40.8 Å². The molecule has 7 rings (SSSR count). The Morgan fingerprint density at radius 2 is 1.86 bits per heavy atom. The van der Waals surface area contributed by atoms with Crippen molar-refractivity contribution >= 4 is 15.9 Å². The zero-order chi connectivity index (χ0) is 25.6. The second-order valence-electron chi connectivity index (χ2n) is 13.0. The highest BCUT2D eigenvalue weighted by Gasteiger charge is 2.78. The number of rotatable bonds is 5. The highest BCUT2D eigenvalue weighted by Crippen LogP contribution is 2.79. The third-order valence-electron chi connectivity index (χ3n) is 11.7. The standard InChI is InChI=1S/C31H40O5S/c1-3-30-13-11-24-23-10-7-21(32)16-25(23)20(18-36-37(33,34)22-8-5-19(2)6-9-22)15-26(24)29(30)27-17-28(27)31(30)12-4-14-35-31/h5-6,8-9,16,20,23-24,26-29H,3-4,7,10-15,17-18H2,1-2H3/t20-,23+,24?,26?,27+,28-,29?,30-,31-/m0/s1. The van der Waals surface area contributed by atoms with Gasteiger partial charge in [-0.15, -0.1) is 0 Å². The maximum Gasteiger partial charge on any atom is 0.296 e. The van der Waals surface area contributed by atoms with Crippen LogP contribution in [0.1, 0.15) is 70.3 Å². The first kappa shape index (κ1) is 24.5. The molecule has 1 aliphatic heterocycles. The Kier molecular flexibility index (Phi) is 5.63. The van der Waals surface area contributed by atoms with Crippen LogP contribution in [0.4, 0.5) is 0 Å². The van der Waals surface area contributed by atoms with E-state index in [-0.39, 0.29) is 34.2 Å². The van der Waals surface area contributed by atoms with Crippen LogP contribution in [0, 0.1) is 53.8 Å². The number of ketones is 1. The number of fused-ring (bicyclic) bond motifs is 9. The highest BCUT2D eigenvalue weighted by atomic mass is 32.2. The van der Waals surface area contributed by atoms with Crippen molar-refractivity contribution < 1.29 is 22.1 Å². The molecule has 37 heavy (non-hydrogen) atoms. The minimum Gasteiger partial charge on any atom is -0.374 e. The summed E-state index contributed by atoms with van der Waals surface area (Å²) < 4.78 is 38.6. The fourth-order valence-corrected chi connectivity index (χ4v) is 11.3. The lowest BCUT2D eigenvalue weighted by molar-refractivity contribution is -0.161. The van der Waals surface area contributed by atoms with Crippen LogP contribution in [-0.4, -0.2) is 33.0 Å². The smallest absolute Gasteiger partial charge is 0.296 e. The van der Waals surface area contributed by atoms with Gasteiger partial charge in [-0.1, -0.05) is 30.2 Å². The van der Waals surface area contributed by atoms with Gasteiger partial charge in [0.25, 0.3) is 10.1 Å². The van der Waals surface area contributed by atoms with Crippen LogP contribution in [0.2, 0.25) is 0 Å². The summed E-state index contributed by atoms with van der Waals surface area (Å²) in [6.45, 7) is 5.38. The minimum atomic E-state index is -3.84. The molecular formula is C31H40O5S. The Morgan fingerprint density at radius 3 is 2.59 bits per heavy atom. The van der Waals surface area contributed by atoms with Gasteiger partial charge in [0.2, 0.25) is 0 Å². The maximum atomic E-state index is 13.1. The molecule has 0 aromatic heterocycles. The van der Waals surface area contributed by atoms with Gasteiger partial charge in [-0.25, -0.2) is 0 Å². The van der Waals surface area contributed by atoms with Crippen molar-refractivity contribution in [3.8, 4) is 0 Å². The molecular weight excluding hydrogens is 484 g/mol. The second kappa shape index (κ2) is 8.50. The molecule has 6 heteroatoms. The molecule has 5 aliphatic carbocycles. The molecule has 5 fully saturated rings. The van der Waals surface area contributed by atoms with Crippen molar-refractivity contribution in [2.45, 2.75) is 82.1 Å². The normalized spacial score (nSPS) is 44.1. The Bertz CT molecular complexity index is 1230. The fourth-order valence-electron chi connectivity index (χ4n) is 10.4. The molecule has 0 radical (unpaired) electrons. The summed E-state index contributed by atoms with van der Waals surface area (Å²) in [6.07, 6.45) is 11.7. The summed E-state index contributed by atoms with van der Waals surface area (Å²) in [5.41, 5.74) is 2.55. The average Bonchev–Trinajstić information content (AvgIpc) is 3.45. The zero-order valence-electron chi connectivity index (χ0n) is 22.2. The zero-order valence-corrected chi connectivity index (χ0v) is 23.0. The summed E-state index contributed by atoms with van der Waals surface area (Å²) in [5, 5.41) is 0. The first-order chi connectivity index (χ1) is 17.8. The van der Waals surface area contributed by atoms with Gasteiger partial charge in [0.05, 0.1) is 17.1 Å². The summed E-state index contributed by atoms with van der Waals surface area (Å²) in [7, 11) is -3.84. The van der Waals surface area contributed by atoms with Crippen LogP contribution < -0.4 is 0 Å². The molecule has 1 saturated heterocycles. The molecule has 0 amide bonds. The Morgan fingerprint density at radius 1 is 1.05 bits per heavy atom. The number of aryl methyl sites for hydroxylation is 1.